The number of aryl methyl sites for hydroxylation is 1. The number of hydrogen-bond donors (Lipinski definition) is 0. The van der Waals surface area contributed by atoms with Gasteiger partial charge in [-0.25, -0.2) is 4.79 Å². The average Bonchev–Trinajstić information content (AvgIpc) is 2.78. The van der Waals surface area contributed by atoms with Crippen LogP contribution in [0.4, 0.5) is 0 Å². The highest BCUT2D eigenvalue weighted by molar-refractivity contribution is 7.12. The molecular formula is C12H10O3S. The van der Waals surface area contributed by atoms with Crippen molar-refractivity contribution in [1.29, 1.82) is 0 Å². The Bertz CT molecular complexity index is 476. The van der Waals surface area contributed by atoms with Gasteiger partial charge in [0.1, 0.15) is 5.57 Å². The van der Waals surface area contributed by atoms with E-state index in [-0.39, 0.29) is 18.0 Å². The molecule has 16 heavy (non-hydrogen) atoms. The second-order valence-corrected chi connectivity index (χ2v) is 4.71. The molecule has 2 heterocycles. The Balaban J connectivity index is 2.11. The molecule has 0 aliphatic carbocycles. The maximum atomic E-state index is 11.2. The molecule has 0 aromatic carbocycles. The molecule has 1 aromatic rings. The molecule has 82 valence electrons. The van der Waals surface area contributed by atoms with Crippen LogP contribution in [0.1, 0.15) is 9.75 Å². The van der Waals surface area contributed by atoms with Crippen LogP contribution >= 0.6 is 11.3 Å². The van der Waals surface area contributed by atoms with Crippen LogP contribution in [0, 0.1) is 6.92 Å². The first-order valence-electron chi connectivity index (χ1n) is 4.82. The van der Waals surface area contributed by atoms with Crippen molar-refractivity contribution in [3.63, 3.8) is 0 Å². The largest absolute Gasteiger partial charge is 0.454 e. The maximum Gasteiger partial charge on any atom is 0.342 e. The number of Topliss-reactive ketones (excluding diaryl/α,β-unsaturated/α-hetero) is 1. The van der Waals surface area contributed by atoms with Crippen molar-refractivity contribution in [3.8, 4) is 0 Å². The van der Waals surface area contributed by atoms with Crippen LogP contribution in [-0.4, -0.2) is 18.4 Å². The third-order valence-electron chi connectivity index (χ3n) is 2.14. The van der Waals surface area contributed by atoms with Gasteiger partial charge in [0.05, 0.1) is 0 Å². The summed E-state index contributed by atoms with van der Waals surface area (Å²) in [5, 5.41) is 0. The number of ketones is 1. The van der Waals surface area contributed by atoms with E-state index in [0.29, 0.717) is 0 Å². The zero-order chi connectivity index (χ0) is 11.5. The second kappa shape index (κ2) is 4.45. The fourth-order valence-electron chi connectivity index (χ4n) is 1.34. The van der Waals surface area contributed by atoms with Gasteiger partial charge in [-0.1, -0.05) is 6.08 Å². The standard InChI is InChI=1S/C12H10O3S/c1-8-5-6-9(16-8)3-2-4-10-11(13)7-15-12(10)14/h2-6H,7H2,1H3. The van der Waals surface area contributed by atoms with Crippen LogP contribution in [0.2, 0.25) is 0 Å². The summed E-state index contributed by atoms with van der Waals surface area (Å²) >= 11 is 1.65. The number of allylic oxidation sites excluding steroid dienone is 2. The molecule has 0 bridgehead atoms. The number of ether oxygens (including phenoxy) is 1. The molecule has 0 atom stereocenters. The van der Waals surface area contributed by atoms with Crippen molar-refractivity contribution in [2.45, 2.75) is 6.92 Å². The van der Waals surface area contributed by atoms with Crippen molar-refractivity contribution < 1.29 is 14.3 Å². The number of thiophene rings is 1. The topological polar surface area (TPSA) is 43.4 Å². The zero-order valence-electron chi connectivity index (χ0n) is 8.73. The maximum absolute atomic E-state index is 11.2. The smallest absolute Gasteiger partial charge is 0.342 e. The third kappa shape index (κ3) is 2.28. The van der Waals surface area contributed by atoms with Crippen LogP contribution in [0.25, 0.3) is 6.08 Å². The summed E-state index contributed by atoms with van der Waals surface area (Å²) in [5.74, 6) is -0.783. The minimum absolute atomic E-state index is 0.128. The molecule has 0 saturated carbocycles. The average molecular weight is 234 g/mol. The zero-order valence-corrected chi connectivity index (χ0v) is 9.54. The molecule has 2 rings (SSSR count). The minimum Gasteiger partial charge on any atom is -0.454 e. The lowest BCUT2D eigenvalue weighted by molar-refractivity contribution is -0.135. The molecule has 1 fully saturated rings. The van der Waals surface area contributed by atoms with E-state index >= 15 is 0 Å². The predicted octanol–water partition coefficient (Wildman–Crippen LogP) is 2.12. The molecule has 3 nitrogen and oxygen atoms in total. The van der Waals surface area contributed by atoms with E-state index in [1.165, 1.54) is 11.0 Å². The van der Waals surface area contributed by atoms with Crippen molar-refractivity contribution in [2.75, 3.05) is 6.61 Å². The van der Waals surface area contributed by atoms with Crippen molar-refractivity contribution in [3.05, 3.63) is 39.6 Å². The van der Waals surface area contributed by atoms with Crippen molar-refractivity contribution >= 4 is 29.2 Å². The van der Waals surface area contributed by atoms with Gasteiger partial charge in [0.15, 0.2) is 6.61 Å². The Morgan fingerprint density at radius 3 is 2.75 bits per heavy atom. The van der Waals surface area contributed by atoms with Gasteiger partial charge in [-0.05, 0) is 31.2 Å². The number of carbonyl (C=O) groups excluding carboxylic acids is 2. The van der Waals surface area contributed by atoms with E-state index in [1.807, 2.05) is 25.1 Å². The summed E-state index contributed by atoms with van der Waals surface area (Å²) in [7, 11) is 0. The lowest BCUT2D eigenvalue weighted by Crippen LogP contribution is -1.99. The van der Waals surface area contributed by atoms with Crippen LogP contribution in [-0.2, 0) is 14.3 Å². The monoisotopic (exact) mass is 234 g/mol. The number of esters is 1. The van der Waals surface area contributed by atoms with E-state index in [9.17, 15) is 9.59 Å². The molecule has 0 spiro atoms. The lowest BCUT2D eigenvalue weighted by atomic mass is 10.2. The first-order valence-corrected chi connectivity index (χ1v) is 5.63. The molecule has 1 saturated heterocycles. The summed E-state index contributed by atoms with van der Waals surface area (Å²) in [4.78, 5) is 24.6. The summed E-state index contributed by atoms with van der Waals surface area (Å²) in [6, 6.07) is 4.01. The van der Waals surface area contributed by atoms with Crippen LogP contribution in [0.3, 0.4) is 0 Å². The Kier molecular flexibility index (Phi) is 3.01. The fraction of sp³-hybridized carbons (Fsp3) is 0.167. The van der Waals surface area contributed by atoms with E-state index in [0.717, 1.165) is 4.88 Å². The summed E-state index contributed by atoms with van der Waals surface area (Å²) < 4.78 is 4.60. The Hall–Kier alpha value is -1.68. The Morgan fingerprint density at radius 1 is 1.38 bits per heavy atom. The van der Waals surface area contributed by atoms with E-state index in [1.54, 1.807) is 17.4 Å². The first-order chi connectivity index (χ1) is 7.66. The number of carbonyl (C=O) groups is 2. The van der Waals surface area contributed by atoms with Gasteiger partial charge in [0, 0.05) is 9.75 Å². The van der Waals surface area contributed by atoms with Gasteiger partial charge < -0.3 is 4.74 Å². The summed E-state index contributed by atoms with van der Waals surface area (Å²) in [5.41, 5.74) is 0.129. The highest BCUT2D eigenvalue weighted by atomic mass is 32.1. The molecular weight excluding hydrogens is 224 g/mol. The van der Waals surface area contributed by atoms with E-state index in [2.05, 4.69) is 4.74 Å². The molecule has 1 aliphatic heterocycles. The van der Waals surface area contributed by atoms with Gasteiger partial charge in [-0.15, -0.1) is 11.3 Å². The molecule has 4 heteroatoms. The van der Waals surface area contributed by atoms with Gasteiger partial charge in [-0.3, -0.25) is 4.79 Å². The van der Waals surface area contributed by atoms with Crippen molar-refractivity contribution in [2.24, 2.45) is 0 Å². The molecule has 0 N–H and O–H groups in total. The highest BCUT2D eigenvalue weighted by Crippen LogP contribution is 2.17. The van der Waals surface area contributed by atoms with Crippen LogP contribution < -0.4 is 0 Å². The summed E-state index contributed by atoms with van der Waals surface area (Å²) in [6.07, 6.45) is 5.07. The molecule has 1 aliphatic rings. The van der Waals surface area contributed by atoms with Gasteiger partial charge >= 0.3 is 5.97 Å². The van der Waals surface area contributed by atoms with Crippen LogP contribution in [0.5, 0.6) is 0 Å². The van der Waals surface area contributed by atoms with E-state index in [4.69, 9.17) is 0 Å². The van der Waals surface area contributed by atoms with Gasteiger partial charge in [-0.2, -0.15) is 0 Å². The third-order valence-corrected chi connectivity index (χ3v) is 3.11. The predicted molar refractivity (Wildman–Crippen MR) is 62.1 cm³/mol. The van der Waals surface area contributed by atoms with E-state index < -0.39 is 5.97 Å². The number of rotatable bonds is 2. The number of hydrogen-bond acceptors (Lipinski definition) is 4. The number of cyclic esters (lactones) is 1. The lowest BCUT2D eigenvalue weighted by Gasteiger charge is -1.85. The molecule has 0 amide bonds. The molecule has 0 radical (unpaired) electrons. The SMILES string of the molecule is Cc1ccc(C=CC=C2C(=O)COC2=O)s1. The second-order valence-electron chi connectivity index (χ2n) is 3.39. The quantitative estimate of drug-likeness (QED) is 0.447. The summed E-state index contributed by atoms with van der Waals surface area (Å²) in [6.45, 7) is 1.90. The Morgan fingerprint density at radius 2 is 2.19 bits per heavy atom. The minimum atomic E-state index is -0.531. The van der Waals surface area contributed by atoms with Gasteiger partial charge in [0.25, 0.3) is 0 Å². The Labute approximate surface area is 97.0 Å². The molecule has 0 unspecified atom stereocenters. The van der Waals surface area contributed by atoms with Crippen molar-refractivity contribution in [1.82, 2.24) is 0 Å². The molecule has 1 aromatic heterocycles. The fourth-order valence-corrected chi connectivity index (χ4v) is 2.13. The highest BCUT2D eigenvalue weighted by Gasteiger charge is 2.27. The van der Waals surface area contributed by atoms with Gasteiger partial charge in [0.2, 0.25) is 5.78 Å². The van der Waals surface area contributed by atoms with Crippen LogP contribution in [0.15, 0.2) is 29.9 Å². The normalized spacial score (nSPS) is 18.7. The first kappa shape index (κ1) is 10.8.